The van der Waals surface area contributed by atoms with Crippen molar-refractivity contribution in [2.75, 3.05) is 13.1 Å². The van der Waals surface area contributed by atoms with Crippen LogP contribution in [0.15, 0.2) is 0 Å². The minimum atomic E-state index is -0.513. The highest BCUT2D eigenvalue weighted by Crippen LogP contribution is 2.21. The van der Waals surface area contributed by atoms with Crippen LogP contribution in [-0.4, -0.2) is 48.1 Å². The van der Waals surface area contributed by atoms with Crippen LogP contribution in [0, 0.1) is 0 Å². The molecule has 18 heavy (non-hydrogen) atoms. The Morgan fingerprint density at radius 2 is 2.00 bits per heavy atom. The molecule has 7 heteroatoms. The van der Waals surface area contributed by atoms with Crippen molar-refractivity contribution in [3.63, 3.8) is 0 Å². The van der Waals surface area contributed by atoms with Gasteiger partial charge in [-0.15, -0.1) is 12.4 Å². The number of nitrogens with zero attached hydrogens (tertiary/aromatic N) is 1. The first kappa shape index (κ1) is 17.2. The van der Waals surface area contributed by atoms with Gasteiger partial charge >= 0.3 is 0 Å². The highest BCUT2D eigenvalue weighted by Gasteiger charge is 2.34. The Labute approximate surface area is 113 Å². The van der Waals surface area contributed by atoms with Gasteiger partial charge in [0.25, 0.3) is 5.91 Å². The SMILES string of the molecule is CC(C)N(CC(N)=O)C(=O)[C@@H]1CC[C@H](CN)O1.Cl. The van der Waals surface area contributed by atoms with Crippen LogP contribution in [0.4, 0.5) is 0 Å². The van der Waals surface area contributed by atoms with Gasteiger partial charge < -0.3 is 21.1 Å². The van der Waals surface area contributed by atoms with Crippen molar-refractivity contribution in [2.45, 2.75) is 44.9 Å². The molecule has 0 unspecified atom stereocenters. The van der Waals surface area contributed by atoms with E-state index in [0.717, 1.165) is 6.42 Å². The van der Waals surface area contributed by atoms with Gasteiger partial charge in [-0.05, 0) is 26.7 Å². The number of amides is 2. The Bertz CT molecular complexity index is 299. The van der Waals surface area contributed by atoms with Crippen LogP contribution >= 0.6 is 12.4 Å². The number of ether oxygens (including phenoxy) is 1. The highest BCUT2D eigenvalue weighted by molar-refractivity contribution is 5.86. The molecule has 106 valence electrons. The molecule has 1 saturated heterocycles. The van der Waals surface area contributed by atoms with Crippen molar-refractivity contribution in [1.29, 1.82) is 0 Å². The zero-order chi connectivity index (χ0) is 13.0. The fourth-order valence-electron chi connectivity index (χ4n) is 1.93. The largest absolute Gasteiger partial charge is 0.368 e. The monoisotopic (exact) mass is 279 g/mol. The zero-order valence-electron chi connectivity index (χ0n) is 10.8. The first-order valence-electron chi connectivity index (χ1n) is 5.90. The molecule has 2 atom stereocenters. The van der Waals surface area contributed by atoms with Crippen LogP contribution in [-0.2, 0) is 14.3 Å². The summed E-state index contributed by atoms with van der Waals surface area (Å²) in [5.74, 6) is -0.685. The van der Waals surface area contributed by atoms with E-state index in [2.05, 4.69) is 0 Å². The minimum absolute atomic E-state index is 0. The minimum Gasteiger partial charge on any atom is -0.368 e. The smallest absolute Gasteiger partial charge is 0.252 e. The lowest BCUT2D eigenvalue weighted by molar-refractivity contribution is -0.146. The van der Waals surface area contributed by atoms with E-state index in [9.17, 15) is 9.59 Å². The lowest BCUT2D eigenvalue weighted by Crippen LogP contribution is -2.47. The summed E-state index contributed by atoms with van der Waals surface area (Å²) in [6, 6.07) is -0.0736. The third kappa shape index (κ3) is 4.44. The van der Waals surface area contributed by atoms with E-state index in [1.165, 1.54) is 4.90 Å². The summed E-state index contributed by atoms with van der Waals surface area (Å²) in [6.07, 6.45) is 0.912. The number of nitrogens with two attached hydrogens (primary N) is 2. The Hall–Kier alpha value is -0.850. The Balaban J connectivity index is 0.00000289. The van der Waals surface area contributed by atoms with Gasteiger partial charge in [0.05, 0.1) is 12.6 Å². The fourth-order valence-corrected chi connectivity index (χ4v) is 1.93. The lowest BCUT2D eigenvalue weighted by atomic mass is 10.1. The van der Waals surface area contributed by atoms with Crippen molar-refractivity contribution in [1.82, 2.24) is 4.90 Å². The highest BCUT2D eigenvalue weighted by atomic mass is 35.5. The zero-order valence-corrected chi connectivity index (χ0v) is 11.6. The van der Waals surface area contributed by atoms with Crippen LogP contribution < -0.4 is 11.5 Å². The maximum Gasteiger partial charge on any atom is 0.252 e. The summed E-state index contributed by atoms with van der Waals surface area (Å²) < 4.78 is 5.52. The van der Waals surface area contributed by atoms with Gasteiger partial charge in [-0.25, -0.2) is 0 Å². The number of hydrogen-bond acceptors (Lipinski definition) is 4. The molecule has 0 spiro atoms. The van der Waals surface area contributed by atoms with Crippen molar-refractivity contribution in [3.05, 3.63) is 0 Å². The lowest BCUT2D eigenvalue weighted by Gasteiger charge is -2.28. The summed E-state index contributed by atoms with van der Waals surface area (Å²) in [7, 11) is 0. The Kier molecular flexibility index (Phi) is 7.20. The van der Waals surface area contributed by atoms with Crippen LogP contribution in [0.25, 0.3) is 0 Å². The molecular weight excluding hydrogens is 258 g/mol. The first-order valence-corrected chi connectivity index (χ1v) is 5.90. The van der Waals surface area contributed by atoms with Crippen molar-refractivity contribution < 1.29 is 14.3 Å². The molecule has 0 radical (unpaired) electrons. The molecule has 1 heterocycles. The molecular formula is C11H22ClN3O3. The fraction of sp³-hybridized carbons (Fsp3) is 0.818. The number of carbonyl (C=O) groups excluding carboxylic acids is 2. The third-order valence-corrected chi connectivity index (χ3v) is 2.88. The normalized spacial score (nSPS) is 22.7. The van der Waals surface area contributed by atoms with Gasteiger partial charge in [-0.2, -0.15) is 0 Å². The van der Waals surface area contributed by atoms with Gasteiger partial charge in [0.15, 0.2) is 0 Å². The standard InChI is InChI=1S/C11H21N3O3.ClH/c1-7(2)14(6-10(13)15)11(16)9-4-3-8(5-12)17-9;/h7-9H,3-6,12H2,1-2H3,(H2,13,15);1H/t8-,9+;/m1./s1. The summed E-state index contributed by atoms with van der Waals surface area (Å²) in [5, 5.41) is 0. The van der Waals surface area contributed by atoms with E-state index in [4.69, 9.17) is 16.2 Å². The van der Waals surface area contributed by atoms with Crippen LogP contribution in [0.5, 0.6) is 0 Å². The van der Waals surface area contributed by atoms with Gasteiger partial charge in [0, 0.05) is 12.6 Å². The van der Waals surface area contributed by atoms with Crippen LogP contribution in [0.2, 0.25) is 0 Å². The molecule has 1 fully saturated rings. The summed E-state index contributed by atoms with van der Waals surface area (Å²) >= 11 is 0. The average molecular weight is 280 g/mol. The maximum atomic E-state index is 12.1. The van der Waals surface area contributed by atoms with Crippen molar-refractivity contribution >= 4 is 24.2 Å². The second-order valence-electron chi connectivity index (χ2n) is 4.59. The van der Waals surface area contributed by atoms with E-state index < -0.39 is 12.0 Å². The Morgan fingerprint density at radius 3 is 2.39 bits per heavy atom. The molecule has 4 N–H and O–H groups in total. The molecule has 0 bridgehead atoms. The molecule has 0 aromatic rings. The van der Waals surface area contributed by atoms with Gasteiger partial charge in [0.1, 0.15) is 6.10 Å². The molecule has 0 saturated carbocycles. The van der Waals surface area contributed by atoms with E-state index in [0.29, 0.717) is 13.0 Å². The molecule has 1 aliphatic heterocycles. The first-order chi connectivity index (χ1) is 7.95. The number of primary amides is 1. The Morgan fingerprint density at radius 1 is 1.39 bits per heavy atom. The topological polar surface area (TPSA) is 98.7 Å². The van der Waals surface area contributed by atoms with E-state index in [1.807, 2.05) is 13.8 Å². The second-order valence-corrected chi connectivity index (χ2v) is 4.59. The van der Waals surface area contributed by atoms with Gasteiger partial charge in [0.2, 0.25) is 5.91 Å². The second kappa shape index (κ2) is 7.56. The number of rotatable bonds is 5. The van der Waals surface area contributed by atoms with Gasteiger partial charge in [-0.3, -0.25) is 9.59 Å². The predicted molar refractivity (Wildman–Crippen MR) is 70.2 cm³/mol. The summed E-state index contributed by atoms with van der Waals surface area (Å²) in [6.45, 7) is 4.04. The van der Waals surface area contributed by atoms with Gasteiger partial charge in [-0.1, -0.05) is 0 Å². The molecule has 6 nitrogen and oxygen atoms in total. The molecule has 0 aromatic carbocycles. The predicted octanol–water partition coefficient (Wildman–Crippen LogP) is -0.363. The maximum absolute atomic E-state index is 12.1. The van der Waals surface area contributed by atoms with E-state index in [1.54, 1.807) is 0 Å². The summed E-state index contributed by atoms with van der Waals surface area (Å²) in [5.41, 5.74) is 10.6. The molecule has 1 rings (SSSR count). The van der Waals surface area contributed by atoms with Crippen LogP contribution in [0.3, 0.4) is 0 Å². The molecule has 2 amide bonds. The number of hydrogen-bond donors (Lipinski definition) is 2. The molecule has 0 aromatic heterocycles. The van der Waals surface area contributed by atoms with Crippen molar-refractivity contribution in [3.8, 4) is 0 Å². The van der Waals surface area contributed by atoms with E-state index in [-0.39, 0.29) is 37.0 Å². The summed E-state index contributed by atoms with van der Waals surface area (Å²) in [4.78, 5) is 24.5. The number of carbonyl (C=O) groups is 2. The van der Waals surface area contributed by atoms with Crippen LogP contribution in [0.1, 0.15) is 26.7 Å². The average Bonchev–Trinajstić information content (AvgIpc) is 2.72. The van der Waals surface area contributed by atoms with Crippen molar-refractivity contribution in [2.24, 2.45) is 11.5 Å². The number of halogens is 1. The third-order valence-electron chi connectivity index (χ3n) is 2.88. The van der Waals surface area contributed by atoms with E-state index >= 15 is 0 Å². The molecule has 0 aliphatic carbocycles. The molecule has 1 aliphatic rings. The quantitative estimate of drug-likeness (QED) is 0.718.